The molecule has 0 aromatic rings. The summed E-state index contributed by atoms with van der Waals surface area (Å²) < 4.78 is 10.5. The van der Waals surface area contributed by atoms with Crippen molar-refractivity contribution in [3.63, 3.8) is 0 Å². The van der Waals surface area contributed by atoms with E-state index in [1.165, 1.54) is 12.8 Å². The molecule has 0 bridgehead atoms. The molecule has 1 fully saturated rings. The van der Waals surface area contributed by atoms with Gasteiger partial charge in [0.1, 0.15) is 6.23 Å². The molecule has 3 heteroatoms. The summed E-state index contributed by atoms with van der Waals surface area (Å²) in [5.41, 5.74) is 0. The second kappa shape index (κ2) is 6.40. The Kier molecular flexibility index (Phi) is 5.32. The molecule has 0 saturated carbocycles. The van der Waals surface area contributed by atoms with Crippen LogP contribution in [0.5, 0.6) is 0 Å². The third-order valence-electron chi connectivity index (χ3n) is 1.99. The average Bonchev–Trinajstić information content (AvgIpc) is 2.14. The van der Waals surface area contributed by atoms with Gasteiger partial charge >= 0.3 is 0 Å². The molecular weight excluding hydrogens is 154 g/mol. The first-order valence-corrected chi connectivity index (χ1v) is 4.70. The Morgan fingerprint density at radius 1 is 1.33 bits per heavy atom. The number of nitrogens with zero attached hydrogens (tertiary/aromatic N) is 1. The summed E-state index contributed by atoms with van der Waals surface area (Å²) in [6.45, 7) is 2.55. The second-order valence-electron chi connectivity index (χ2n) is 3.07. The Hall–Kier alpha value is -0.120. The predicted octanol–water partition coefficient (Wildman–Crippen LogP) is 1.15. The summed E-state index contributed by atoms with van der Waals surface area (Å²) in [5, 5.41) is 4.36. The fourth-order valence-electron chi connectivity index (χ4n) is 1.32. The zero-order valence-corrected chi connectivity index (χ0v) is 7.79. The number of ether oxygens (including phenoxy) is 2. The van der Waals surface area contributed by atoms with Crippen LogP contribution in [0.4, 0.5) is 0 Å². The van der Waals surface area contributed by atoms with E-state index in [0.29, 0.717) is 0 Å². The molecule has 0 spiro atoms. The van der Waals surface area contributed by atoms with Crippen molar-refractivity contribution in [1.29, 1.82) is 0 Å². The van der Waals surface area contributed by atoms with Gasteiger partial charge in [-0.3, -0.25) is 0 Å². The maximum Gasteiger partial charge on any atom is 0.123 e. The second-order valence-corrected chi connectivity index (χ2v) is 3.07. The van der Waals surface area contributed by atoms with E-state index < -0.39 is 0 Å². The van der Waals surface area contributed by atoms with E-state index in [0.717, 1.165) is 32.6 Å². The fraction of sp³-hybridized carbons (Fsp3) is 1.00. The van der Waals surface area contributed by atoms with Gasteiger partial charge in [0.15, 0.2) is 0 Å². The summed E-state index contributed by atoms with van der Waals surface area (Å²) in [5.74, 6) is 0. The number of hydrogen-bond donors (Lipinski definition) is 0. The number of hydrogen-bond acceptors (Lipinski definition) is 2. The van der Waals surface area contributed by atoms with Crippen LogP contribution in [0.3, 0.4) is 0 Å². The summed E-state index contributed by atoms with van der Waals surface area (Å²) in [6.07, 6.45) is 4.75. The zero-order chi connectivity index (χ0) is 8.65. The zero-order valence-electron chi connectivity index (χ0n) is 7.79. The van der Waals surface area contributed by atoms with Gasteiger partial charge in [0.25, 0.3) is 0 Å². The minimum absolute atomic E-state index is 0.176. The van der Waals surface area contributed by atoms with Crippen molar-refractivity contribution < 1.29 is 9.47 Å². The first kappa shape index (κ1) is 9.96. The van der Waals surface area contributed by atoms with Gasteiger partial charge < -0.3 is 9.47 Å². The van der Waals surface area contributed by atoms with Gasteiger partial charge in [-0.05, 0) is 25.7 Å². The van der Waals surface area contributed by atoms with E-state index >= 15 is 0 Å². The third kappa shape index (κ3) is 4.04. The van der Waals surface area contributed by atoms with Crippen LogP contribution in [-0.2, 0) is 9.47 Å². The Morgan fingerprint density at radius 2 is 2.25 bits per heavy atom. The maximum absolute atomic E-state index is 5.54. The van der Waals surface area contributed by atoms with Gasteiger partial charge in [0.2, 0.25) is 0 Å². The highest BCUT2D eigenvalue weighted by molar-refractivity contribution is 4.62. The van der Waals surface area contributed by atoms with Gasteiger partial charge in [-0.25, -0.2) is 5.32 Å². The van der Waals surface area contributed by atoms with Gasteiger partial charge in [0, 0.05) is 20.3 Å². The molecule has 0 aromatic carbocycles. The van der Waals surface area contributed by atoms with Crippen molar-refractivity contribution in [2.24, 2.45) is 0 Å². The topological polar surface area (TPSA) is 32.6 Å². The van der Waals surface area contributed by atoms with E-state index in [1.54, 1.807) is 7.11 Å². The summed E-state index contributed by atoms with van der Waals surface area (Å²) >= 11 is 0. The lowest BCUT2D eigenvalue weighted by Crippen LogP contribution is -2.30. The van der Waals surface area contributed by atoms with Crippen molar-refractivity contribution in [2.75, 3.05) is 26.9 Å². The van der Waals surface area contributed by atoms with Gasteiger partial charge in [-0.2, -0.15) is 0 Å². The van der Waals surface area contributed by atoms with E-state index in [2.05, 4.69) is 5.32 Å². The molecule has 0 aliphatic carbocycles. The third-order valence-corrected chi connectivity index (χ3v) is 1.99. The number of piperidine rings is 1. The molecule has 1 aliphatic heterocycles. The Bertz CT molecular complexity index is 103. The Labute approximate surface area is 74.4 Å². The fourth-order valence-corrected chi connectivity index (χ4v) is 1.32. The molecule has 71 valence electrons. The summed E-state index contributed by atoms with van der Waals surface area (Å²) in [4.78, 5) is 0. The number of methoxy groups -OCH3 is 1. The molecule has 0 amide bonds. The molecule has 1 radical (unpaired) electrons. The molecule has 0 aromatic heterocycles. The van der Waals surface area contributed by atoms with Crippen LogP contribution < -0.4 is 5.32 Å². The van der Waals surface area contributed by atoms with Crippen molar-refractivity contribution in [3.8, 4) is 0 Å². The van der Waals surface area contributed by atoms with Crippen molar-refractivity contribution in [1.82, 2.24) is 5.32 Å². The molecule has 0 N–H and O–H groups in total. The normalized spacial score (nSPS) is 24.2. The van der Waals surface area contributed by atoms with Crippen LogP contribution in [-0.4, -0.2) is 33.1 Å². The lowest BCUT2D eigenvalue weighted by Gasteiger charge is -2.21. The molecule has 3 nitrogen and oxygen atoms in total. The Morgan fingerprint density at radius 3 is 2.92 bits per heavy atom. The average molecular weight is 172 g/mol. The minimum Gasteiger partial charge on any atom is -0.385 e. The lowest BCUT2D eigenvalue weighted by molar-refractivity contribution is 0.00113. The molecule has 1 aliphatic rings. The van der Waals surface area contributed by atoms with E-state index in [4.69, 9.17) is 9.47 Å². The first-order chi connectivity index (χ1) is 5.93. The summed E-state index contributed by atoms with van der Waals surface area (Å²) in [6, 6.07) is 0. The molecule has 12 heavy (non-hydrogen) atoms. The van der Waals surface area contributed by atoms with Crippen molar-refractivity contribution in [3.05, 3.63) is 0 Å². The maximum atomic E-state index is 5.54. The van der Waals surface area contributed by atoms with Gasteiger partial charge in [0.05, 0.1) is 6.61 Å². The Balaban J connectivity index is 1.91. The summed E-state index contributed by atoms with van der Waals surface area (Å²) in [7, 11) is 1.71. The van der Waals surface area contributed by atoms with Gasteiger partial charge in [-0.1, -0.05) is 0 Å². The number of rotatable bonds is 5. The van der Waals surface area contributed by atoms with E-state index in [-0.39, 0.29) is 6.23 Å². The monoisotopic (exact) mass is 172 g/mol. The molecular formula is C9H18NO2. The smallest absolute Gasteiger partial charge is 0.123 e. The quantitative estimate of drug-likeness (QED) is 0.583. The highest BCUT2D eigenvalue weighted by Gasteiger charge is 2.13. The van der Waals surface area contributed by atoms with Gasteiger partial charge in [-0.15, -0.1) is 0 Å². The standard InChI is InChI=1S/C9H18NO2/c1-11-7-4-8-12-9-5-2-3-6-10-9/h9H,2-8H2,1H3. The van der Waals surface area contributed by atoms with Crippen LogP contribution >= 0.6 is 0 Å². The molecule has 1 rings (SSSR count). The van der Waals surface area contributed by atoms with Crippen LogP contribution in [0, 0.1) is 0 Å². The minimum atomic E-state index is 0.176. The van der Waals surface area contributed by atoms with Crippen LogP contribution in [0.25, 0.3) is 0 Å². The molecule has 1 unspecified atom stereocenters. The highest BCUT2D eigenvalue weighted by Crippen LogP contribution is 2.09. The molecule has 1 heterocycles. The molecule has 1 saturated heterocycles. The largest absolute Gasteiger partial charge is 0.385 e. The first-order valence-electron chi connectivity index (χ1n) is 4.70. The van der Waals surface area contributed by atoms with Crippen LogP contribution in [0.1, 0.15) is 25.7 Å². The predicted molar refractivity (Wildman–Crippen MR) is 47.1 cm³/mol. The van der Waals surface area contributed by atoms with E-state index in [9.17, 15) is 0 Å². The lowest BCUT2D eigenvalue weighted by atomic mass is 10.1. The molecule has 1 atom stereocenters. The van der Waals surface area contributed by atoms with Crippen LogP contribution in [0.15, 0.2) is 0 Å². The highest BCUT2D eigenvalue weighted by atomic mass is 16.5. The SMILES string of the molecule is COCCCOC1CCCC[N]1. The van der Waals surface area contributed by atoms with Crippen LogP contribution in [0.2, 0.25) is 0 Å². The van der Waals surface area contributed by atoms with E-state index in [1.807, 2.05) is 0 Å². The van der Waals surface area contributed by atoms with Crippen molar-refractivity contribution >= 4 is 0 Å². The van der Waals surface area contributed by atoms with Crippen molar-refractivity contribution in [2.45, 2.75) is 31.9 Å².